The van der Waals surface area contributed by atoms with Gasteiger partial charge in [0.2, 0.25) is 0 Å². The number of rotatable bonds is 7. The Bertz CT molecular complexity index is 387. The number of hydrogen-bond acceptors (Lipinski definition) is 3. The minimum Gasteiger partial charge on any atom is -0.313 e. The standard InChI is InChI=1S/C13H17ClN2S/c1-17-7-3-2-6-16-10-12-5-4-11(9-15)8-13(12)14/h4-5,8,16H,2-3,6-7,10H2,1H3. The highest BCUT2D eigenvalue weighted by atomic mass is 35.5. The summed E-state index contributed by atoms with van der Waals surface area (Å²) in [4.78, 5) is 0. The van der Waals surface area contributed by atoms with E-state index in [0.717, 1.165) is 18.7 Å². The molecule has 0 aliphatic rings. The van der Waals surface area contributed by atoms with E-state index in [1.54, 1.807) is 12.1 Å². The normalized spacial score (nSPS) is 10.2. The number of hydrogen-bond donors (Lipinski definition) is 1. The van der Waals surface area contributed by atoms with Gasteiger partial charge in [0.15, 0.2) is 0 Å². The Hall–Kier alpha value is -0.690. The third-order valence-corrected chi connectivity index (χ3v) is 3.50. The third-order valence-electron chi connectivity index (χ3n) is 2.45. The van der Waals surface area contributed by atoms with Crippen LogP contribution in [0.4, 0.5) is 0 Å². The maximum absolute atomic E-state index is 8.72. The second-order valence-electron chi connectivity index (χ2n) is 3.79. The lowest BCUT2D eigenvalue weighted by molar-refractivity contribution is 0.644. The van der Waals surface area contributed by atoms with E-state index in [9.17, 15) is 0 Å². The van der Waals surface area contributed by atoms with Crippen molar-refractivity contribution in [3.8, 4) is 6.07 Å². The van der Waals surface area contributed by atoms with Gasteiger partial charge in [0.1, 0.15) is 0 Å². The third kappa shape index (κ3) is 5.45. The van der Waals surface area contributed by atoms with Crippen LogP contribution in [-0.2, 0) is 6.54 Å². The smallest absolute Gasteiger partial charge is 0.0992 e. The van der Waals surface area contributed by atoms with Crippen LogP contribution < -0.4 is 5.32 Å². The molecule has 0 fully saturated rings. The molecule has 17 heavy (non-hydrogen) atoms. The Kier molecular flexibility index (Phi) is 7.11. The predicted octanol–water partition coefficient (Wildman–Crippen LogP) is 3.44. The molecule has 0 aliphatic heterocycles. The van der Waals surface area contributed by atoms with Crippen molar-refractivity contribution in [1.29, 1.82) is 5.26 Å². The van der Waals surface area contributed by atoms with E-state index >= 15 is 0 Å². The highest BCUT2D eigenvalue weighted by Crippen LogP contribution is 2.17. The molecule has 92 valence electrons. The number of nitriles is 1. The lowest BCUT2D eigenvalue weighted by Gasteiger charge is -2.06. The minimum absolute atomic E-state index is 0.610. The van der Waals surface area contributed by atoms with Crippen molar-refractivity contribution in [3.05, 3.63) is 34.3 Å². The van der Waals surface area contributed by atoms with Crippen molar-refractivity contribution in [2.75, 3.05) is 18.6 Å². The monoisotopic (exact) mass is 268 g/mol. The van der Waals surface area contributed by atoms with Gasteiger partial charge < -0.3 is 5.32 Å². The van der Waals surface area contributed by atoms with Crippen LogP contribution in [-0.4, -0.2) is 18.6 Å². The van der Waals surface area contributed by atoms with Crippen LogP contribution in [0.1, 0.15) is 24.0 Å². The molecule has 1 rings (SSSR count). The summed E-state index contributed by atoms with van der Waals surface area (Å²) in [6.45, 7) is 1.78. The van der Waals surface area contributed by atoms with Crippen molar-refractivity contribution in [3.63, 3.8) is 0 Å². The molecular weight excluding hydrogens is 252 g/mol. The molecule has 0 unspecified atom stereocenters. The molecule has 0 saturated heterocycles. The molecule has 0 aliphatic carbocycles. The Morgan fingerprint density at radius 2 is 2.24 bits per heavy atom. The van der Waals surface area contributed by atoms with Crippen molar-refractivity contribution < 1.29 is 0 Å². The first kappa shape index (κ1) is 14.4. The number of thioether (sulfide) groups is 1. The number of nitrogens with zero attached hydrogens (tertiary/aromatic N) is 1. The number of nitrogens with one attached hydrogen (secondary N) is 1. The summed E-state index contributed by atoms with van der Waals surface area (Å²) in [5.41, 5.74) is 1.66. The molecule has 1 aromatic rings. The Morgan fingerprint density at radius 3 is 2.88 bits per heavy atom. The molecule has 0 radical (unpaired) electrons. The summed E-state index contributed by atoms with van der Waals surface area (Å²) in [5.74, 6) is 1.22. The van der Waals surface area contributed by atoms with E-state index < -0.39 is 0 Å². The second kappa shape index (κ2) is 8.41. The van der Waals surface area contributed by atoms with Crippen LogP contribution in [0.25, 0.3) is 0 Å². The molecule has 0 spiro atoms. The number of halogens is 1. The second-order valence-corrected chi connectivity index (χ2v) is 5.19. The van der Waals surface area contributed by atoms with Gasteiger partial charge in [-0.3, -0.25) is 0 Å². The van der Waals surface area contributed by atoms with Gasteiger partial charge in [-0.15, -0.1) is 0 Å². The number of benzene rings is 1. The van der Waals surface area contributed by atoms with Crippen LogP contribution in [0, 0.1) is 11.3 Å². The zero-order valence-corrected chi connectivity index (χ0v) is 11.6. The first-order chi connectivity index (χ1) is 8.27. The summed E-state index contributed by atoms with van der Waals surface area (Å²) in [6.07, 6.45) is 4.56. The van der Waals surface area contributed by atoms with E-state index in [1.807, 2.05) is 17.8 Å². The largest absolute Gasteiger partial charge is 0.313 e. The van der Waals surface area contributed by atoms with E-state index in [2.05, 4.69) is 17.6 Å². The van der Waals surface area contributed by atoms with Gasteiger partial charge in [0.25, 0.3) is 0 Å². The summed E-state index contributed by atoms with van der Waals surface area (Å²) < 4.78 is 0. The molecule has 4 heteroatoms. The molecule has 0 heterocycles. The summed E-state index contributed by atoms with van der Waals surface area (Å²) in [5, 5.41) is 12.8. The van der Waals surface area contributed by atoms with Gasteiger partial charge in [-0.2, -0.15) is 17.0 Å². The van der Waals surface area contributed by atoms with Gasteiger partial charge in [-0.25, -0.2) is 0 Å². The Morgan fingerprint density at radius 1 is 1.41 bits per heavy atom. The van der Waals surface area contributed by atoms with E-state index in [-0.39, 0.29) is 0 Å². The predicted molar refractivity (Wildman–Crippen MR) is 75.5 cm³/mol. The maximum atomic E-state index is 8.72. The van der Waals surface area contributed by atoms with Crippen molar-refractivity contribution >= 4 is 23.4 Å². The van der Waals surface area contributed by atoms with Gasteiger partial charge in [0.05, 0.1) is 11.6 Å². The average molecular weight is 269 g/mol. The van der Waals surface area contributed by atoms with Crippen LogP contribution in [0.2, 0.25) is 5.02 Å². The molecule has 0 aromatic heterocycles. The average Bonchev–Trinajstić information content (AvgIpc) is 2.35. The Labute approximate surface area is 112 Å². The summed E-state index contributed by atoms with van der Waals surface area (Å²) in [6, 6.07) is 7.51. The maximum Gasteiger partial charge on any atom is 0.0992 e. The topological polar surface area (TPSA) is 35.8 Å². The van der Waals surface area contributed by atoms with E-state index in [0.29, 0.717) is 10.6 Å². The molecule has 0 saturated carbocycles. The molecule has 1 aromatic carbocycles. The van der Waals surface area contributed by atoms with Crippen LogP contribution in [0.3, 0.4) is 0 Å². The minimum atomic E-state index is 0.610. The fourth-order valence-corrected chi connectivity index (χ4v) is 2.22. The van der Waals surface area contributed by atoms with Crippen LogP contribution in [0.15, 0.2) is 18.2 Å². The van der Waals surface area contributed by atoms with Gasteiger partial charge >= 0.3 is 0 Å². The molecule has 1 N–H and O–H groups in total. The van der Waals surface area contributed by atoms with Crippen molar-refractivity contribution in [2.45, 2.75) is 19.4 Å². The van der Waals surface area contributed by atoms with E-state index in [4.69, 9.17) is 16.9 Å². The zero-order chi connectivity index (χ0) is 12.5. The Balaban J connectivity index is 2.30. The van der Waals surface area contributed by atoms with E-state index in [1.165, 1.54) is 18.6 Å². The first-order valence-electron chi connectivity index (χ1n) is 5.66. The highest BCUT2D eigenvalue weighted by Gasteiger charge is 2.01. The fourth-order valence-electron chi connectivity index (χ4n) is 1.48. The zero-order valence-electron chi connectivity index (χ0n) is 10.0. The SMILES string of the molecule is CSCCCCNCc1ccc(C#N)cc1Cl. The molecule has 0 bridgehead atoms. The van der Waals surface area contributed by atoms with Crippen LogP contribution in [0.5, 0.6) is 0 Å². The lowest BCUT2D eigenvalue weighted by atomic mass is 10.1. The van der Waals surface area contributed by atoms with Gasteiger partial charge in [-0.1, -0.05) is 17.7 Å². The molecule has 2 nitrogen and oxygen atoms in total. The quantitative estimate of drug-likeness (QED) is 0.770. The fraction of sp³-hybridized carbons (Fsp3) is 0.462. The molecule has 0 atom stereocenters. The van der Waals surface area contributed by atoms with Crippen LogP contribution >= 0.6 is 23.4 Å². The van der Waals surface area contributed by atoms with Crippen molar-refractivity contribution in [1.82, 2.24) is 5.32 Å². The summed E-state index contributed by atoms with van der Waals surface area (Å²) in [7, 11) is 0. The van der Waals surface area contributed by atoms with Gasteiger partial charge in [0, 0.05) is 11.6 Å². The van der Waals surface area contributed by atoms with Crippen molar-refractivity contribution in [2.24, 2.45) is 0 Å². The summed E-state index contributed by atoms with van der Waals surface area (Å²) >= 11 is 7.96. The lowest BCUT2D eigenvalue weighted by Crippen LogP contribution is -2.15. The molecular formula is C13H17ClN2S. The first-order valence-corrected chi connectivity index (χ1v) is 7.43. The number of unbranched alkanes of at least 4 members (excludes halogenated alkanes) is 1. The highest BCUT2D eigenvalue weighted by molar-refractivity contribution is 7.98. The molecule has 0 amide bonds. The van der Waals surface area contributed by atoms with Gasteiger partial charge in [-0.05, 0) is 49.1 Å².